The lowest BCUT2D eigenvalue weighted by Crippen LogP contribution is -2.15. The van der Waals surface area contributed by atoms with Crippen molar-refractivity contribution in [3.05, 3.63) is 11.9 Å². The Morgan fingerprint density at radius 3 is 2.67 bits per heavy atom. The molecule has 1 heterocycles. The number of hydrogen-bond acceptors (Lipinski definition) is 3. The molecule has 7 heteroatoms. The zero-order chi connectivity index (χ0) is 11.5. The average Bonchev–Trinajstić information content (AvgIpc) is 2.39. The van der Waals surface area contributed by atoms with Crippen molar-refractivity contribution in [1.82, 2.24) is 9.78 Å². The minimum atomic E-state index is -4.56. The van der Waals surface area contributed by atoms with E-state index in [9.17, 15) is 13.2 Å². The zero-order valence-electron chi connectivity index (χ0n) is 8.21. The fourth-order valence-electron chi connectivity index (χ4n) is 1.06. The number of halogens is 3. The number of alkyl halides is 3. The predicted octanol–water partition coefficient (Wildman–Crippen LogP) is 1.70. The van der Waals surface area contributed by atoms with Crippen molar-refractivity contribution in [2.75, 3.05) is 12.3 Å². The summed E-state index contributed by atoms with van der Waals surface area (Å²) in [6.07, 6.45) is -2.73. The van der Waals surface area contributed by atoms with Crippen molar-refractivity contribution in [3.8, 4) is 0 Å². The van der Waals surface area contributed by atoms with Gasteiger partial charge < -0.3 is 5.73 Å². The molecule has 0 bridgehead atoms. The Balaban J connectivity index is 2.26. The fraction of sp³-hybridized carbons (Fsp3) is 0.625. The summed E-state index contributed by atoms with van der Waals surface area (Å²) in [5.41, 5.74) is 6.73. The Morgan fingerprint density at radius 1 is 1.53 bits per heavy atom. The number of aromatic nitrogens is 2. The van der Waals surface area contributed by atoms with Crippen LogP contribution in [0.5, 0.6) is 0 Å². The molecule has 0 aromatic carbocycles. The highest BCUT2D eigenvalue weighted by Crippen LogP contribution is 2.16. The van der Waals surface area contributed by atoms with E-state index in [-0.39, 0.29) is 13.0 Å². The summed E-state index contributed by atoms with van der Waals surface area (Å²) in [6, 6.07) is 0. The number of anilines is 1. The van der Waals surface area contributed by atoms with Gasteiger partial charge in [-0.15, -0.1) is 13.2 Å². The van der Waals surface area contributed by atoms with Gasteiger partial charge in [0.25, 0.3) is 0 Å². The number of hydrogen-bond donors (Lipinski definition) is 1. The molecule has 0 spiro atoms. The van der Waals surface area contributed by atoms with Crippen molar-refractivity contribution >= 4 is 5.69 Å². The third-order valence-electron chi connectivity index (χ3n) is 1.78. The van der Waals surface area contributed by atoms with Crippen LogP contribution in [-0.2, 0) is 11.3 Å². The highest BCUT2D eigenvalue weighted by molar-refractivity contribution is 5.39. The lowest BCUT2D eigenvalue weighted by Gasteiger charge is -2.06. The molecule has 0 amide bonds. The summed E-state index contributed by atoms with van der Waals surface area (Å²) < 4.78 is 39.9. The summed E-state index contributed by atoms with van der Waals surface area (Å²) in [4.78, 5) is 0. The molecule has 1 aromatic rings. The van der Waals surface area contributed by atoms with Gasteiger partial charge in [0.15, 0.2) is 0 Å². The van der Waals surface area contributed by atoms with Gasteiger partial charge in [-0.3, -0.25) is 9.42 Å². The van der Waals surface area contributed by atoms with Gasteiger partial charge in [-0.05, 0) is 13.3 Å². The molecule has 0 aliphatic heterocycles. The van der Waals surface area contributed by atoms with Gasteiger partial charge in [-0.1, -0.05) is 0 Å². The predicted molar refractivity (Wildman–Crippen MR) is 48.0 cm³/mol. The number of ether oxygens (including phenoxy) is 1. The van der Waals surface area contributed by atoms with Crippen LogP contribution in [0.1, 0.15) is 12.1 Å². The summed E-state index contributed by atoms with van der Waals surface area (Å²) >= 11 is 0. The van der Waals surface area contributed by atoms with E-state index in [4.69, 9.17) is 5.73 Å². The summed E-state index contributed by atoms with van der Waals surface area (Å²) in [7, 11) is 0. The van der Waals surface area contributed by atoms with E-state index in [2.05, 4.69) is 9.84 Å². The molecule has 0 atom stereocenters. The minimum Gasteiger partial charge on any atom is -0.396 e. The van der Waals surface area contributed by atoms with Crippen LogP contribution in [0.4, 0.5) is 18.9 Å². The number of nitrogens with two attached hydrogens (primary N) is 1. The van der Waals surface area contributed by atoms with Crippen molar-refractivity contribution in [2.24, 2.45) is 0 Å². The molecule has 0 aliphatic rings. The van der Waals surface area contributed by atoms with Crippen LogP contribution in [0.3, 0.4) is 0 Å². The highest BCUT2D eigenvalue weighted by atomic mass is 19.4. The number of nitrogen functional groups attached to an aromatic ring is 1. The molecule has 15 heavy (non-hydrogen) atoms. The Morgan fingerprint density at radius 2 is 2.20 bits per heavy atom. The summed E-state index contributed by atoms with van der Waals surface area (Å²) in [6.45, 7) is 1.72. The molecule has 0 saturated heterocycles. The largest absolute Gasteiger partial charge is 0.522 e. The molecule has 2 N–H and O–H groups in total. The van der Waals surface area contributed by atoms with Crippen molar-refractivity contribution in [2.45, 2.75) is 26.3 Å². The Hall–Kier alpha value is -1.24. The molecule has 0 aliphatic carbocycles. The van der Waals surface area contributed by atoms with E-state index in [0.717, 1.165) is 0 Å². The molecule has 0 unspecified atom stereocenters. The molecule has 1 rings (SSSR count). The SMILES string of the molecule is Cc1nn(CCCOC(F)(F)F)cc1N. The maximum Gasteiger partial charge on any atom is 0.522 e. The standard InChI is InChI=1S/C8H12F3N3O/c1-6-7(12)5-14(13-6)3-2-4-15-8(9,10)11/h5H,2-4,12H2,1H3. The Bertz CT molecular complexity index is 302. The second-order valence-electron chi connectivity index (χ2n) is 3.08. The quantitative estimate of drug-likeness (QED) is 0.790. The molecule has 0 fully saturated rings. The van der Waals surface area contributed by atoms with E-state index in [1.54, 1.807) is 13.1 Å². The maximum atomic E-state index is 11.6. The molecule has 4 nitrogen and oxygen atoms in total. The Kier molecular flexibility index (Phi) is 3.57. The molecule has 1 aromatic heterocycles. The van der Waals surface area contributed by atoms with E-state index in [1.165, 1.54) is 4.68 Å². The van der Waals surface area contributed by atoms with Gasteiger partial charge in [0.1, 0.15) is 0 Å². The molecule has 86 valence electrons. The molecule has 0 radical (unpaired) electrons. The van der Waals surface area contributed by atoms with Crippen molar-refractivity contribution in [3.63, 3.8) is 0 Å². The first-order valence-corrected chi connectivity index (χ1v) is 4.39. The maximum absolute atomic E-state index is 11.6. The van der Waals surface area contributed by atoms with Crippen LogP contribution >= 0.6 is 0 Å². The van der Waals surface area contributed by atoms with E-state index in [1.807, 2.05) is 0 Å². The number of nitrogens with zero attached hydrogens (tertiary/aromatic N) is 2. The van der Waals surface area contributed by atoms with Gasteiger partial charge in [-0.2, -0.15) is 5.10 Å². The van der Waals surface area contributed by atoms with E-state index in [0.29, 0.717) is 17.9 Å². The molecular formula is C8H12F3N3O. The van der Waals surface area contributed by atoms with Crippen LogP contribution in [-0.4, -0.2) is 22.7 Å². The lowest BCUT2D eigenvalue weighted by atomic mass is 10.4. The van der Waals surface area contributed by atoms with E-state index >= 15 is 0 Å². The van der Waals surface area contributed by atoms with Gasteiger partial charge in [0.05, 0.1) is 18.0 Å². The average molecular weight is 223 g/mol. The van der Waals surface area contributed by atoms with Crippen LogP contribution in [0.25, 0.3) is 0 Å². The van der Waals surface area contributed by atoms with Gasteiger partial charge in [0, 0.05) is 12.7 Å². The highest BCUT2D eigenvalue weighted by Gasteiger charge is 2.28. The van der Waals surface area contributed by atoms with Crippen LogP contribution < -0.4 is 5.73 Å². The second kappa shape index (κ2) is 4.52. The third-order valence-corrected chi connectivity index (χ3v) is 1.78. The normalized spacial score (nSPS) is 12.0. The topological polar surface area (TPSA) is 53.1 Å². The lowest BCUT2D eigenvalue weighted by molar-refractivity contribution is -0.324. The second-order valence-corrected chi connectivity index (χ2v) is 3.08. The first-order chi connectivity index (χ1) is 6.88. The van der Waals surface area contributed by atoms with Crippen LogP contribution in [0.2, 0.25) is 0 Å². The van der Waals surface area contributed by atoms with Gasteiger partial charge in [-0.25, -0.2) is 0 Å². The smallest absolute Gasteiger partial charge is 0.396 e. The Labute approximate surface area is 84.8 Å². The summed E-state index contributed by atoms with van der Waals surface area (Å²) in [5, 5.41) is 4.00. The van der Waals surface area contributed by atoms with Gasteiger partial charge >= 0.3 is 6.36 Å². The molecule has 0 saturated carbocycles. The van der Waals surface area contributed by atoms with Crippen LogP contribution in [0.15, 0.2) is 6.20 Å². The van der Waals surface area contributed by atoms with Crippen molar-refractivity contribution < 1.29 is 17.9 Å². The van der Waals surface area contributed by atoms with Crippen molar-refractivity contribution in [1.29, 1.82) is 0 Å². The monoisotopic (exact) mass is 223 g/mol. The van der Waals surface area contributed by atoms with Gasteiger partial charge in [0.2, 0.25) is 0 Å². The zero-order valence-corrected chi connectivity index (χ0v) is 8.21. The third kappa shape index (κ3) is 4.20. The first kappa shape index (κ1) is 11.8. The first-order valence-electron chi connectivity index (χ1n) is 4.39. The number of rotatable bonds is 4. The summed E-state index contributed by atoms with van der Waals surface area (Å²) in [5.74, 6) is 0. The fourth-order valence-corrected chi connectivity index (χ4v) is 1.06. The number of aryl methyl sites for hydroxylation is 2. The molecular weight excluding hydrogens is 211 g/mol. The van der Waals surface area contributed by atoms with Crippen LogP contribution in [0, 0.1) is 6.92 Å². The van der Waals surface area contributed by atoms with E-state index < -0.39 is 6.36 Å². The minimum absolute atomic E-state index is 0.236.